The molecule has 0 saturated carbocycles. The predicted octanol–water partition coefficient (Wildman–Crippen LogP) is 2.99. The van der Waals surface area contributed by atoms with Crippen molar-refractivity contribution < 1.29 is 22.3 Å². The van der Waals surface area contributed by atoms with Crippen molar-refractivity contribution in [1.29, 1.82) is 0 Å². The number of hydrogen-bond acceptors (Lipinski definition) is 4. The first-order chi connectivity index (χ1) is 10.9. The van der Waals surface area contributed by atoms with Crippen molar-refractivity contribution in [2.75, 3.05) is 5.32 Å². The number of amides is 2. The van der Waals surface area contributed by atoms with Crippen LogP contribution in [-0.2, 0) is 10.0 Å². The lowest BCUT2D eigenvalue weighted by Gasteiger charge is -2.22. The third-order valence-corrected chi connectivity index (χ3v) is 4.40. The Labute approximate surface area is 130 Å². The molecule has 0 unspecified atom stereocenters. The highest BCUT2D eigenvalue weighted by Crippen LogP contribution is 2.44. The van der Waals surface area contributed by atoms with Crippen molar-refractivity contribution in [2.24, 2.45) is 0 Å². The normalized spacial score (nSPS) is 14.9. The SMILES string of the molecule is [C-]#[N+]c1ccc2c(c1Oc1ccccc1F)NC(=O)NS2(=O)=O. The fourth-order valence-corrected chi connectivity index (χ4v) is 3.11. The molecule has 0 spiro atoms. The summed E-state index contributed by atoms with van der Waals surface area (Å²) in [5, 5.41) is 2.28. The second-order valence-corrected chi connectivity index (χ2v) is 6.14. The molecule has 0 aromatic heterocycles. The maximum absolute atomic E-state index is 13.8. The summed E-state index contributed by atoms with van der Waals surface area (Å²) >= 11 is 0. The Morgan fingerprint density at radius 3 is 2.61 bits per heavy atom. The fraction of sp³-hybridized carbons (Fsp3) is 0. The molecule has 1 aliphatic rings. The van der Waals surface area contributed by atoms with Crippen LogP contribution in [0.1, 0.15) is 0 Å². The molecular formula is C14H8FN3O4S. The van der Waals surface area contributed by atoms with Crippen LogP contribution < -0.4 is 14.8 Å². The largest absolute Gasteiger partial charge is 0.463 e. The number of benzene rings is 2. The van der Waals surface area contributed by atoms with Gasteiger partial charge in [0, 0.05) is 0 Å². The Kier molecular flexibility index (Phi) is 3.38. The summed E-state index contributed by atoms with van der Waals surface area (Å²) in [5.74, 6) is -1.12. The number of urea groups is 1. The number of rotatable bonds is 2. The Bertz CT molecular complexity index is 966. The molecule has 3 rings (SSSR count). The first-order valence-corrected chi connectivity index (χ1v) is 7.71. The molecule has 2 aromatic carbocycles. The first kappa shape index (κ1) is 14.8. The second-order valence-electron chi connectivity index (χ2n) is 4.49. The molecule has 0 saturated heterocycles. The van der Waals surface area contributed by atoms with Gasteiger partial charge < -0.3 is 10.1 Å². The molecule has 1 heterocycles. The van der Waals surface area contributed by atoms with Crippen LogP contribution >= 0.6 is 0 Å². The molecule has 0 radical (unpaired) electrons. The molecule has 7 nitrogen and oxygen atoms in total. The number of nitrogens with zero attached hydrogens (tertiary/aromatic N) is 1. The number of hydrogen-bond donors (Lipinski definition) is 2. The van der Waals surface area contributed by atoms with E-state index in [1.807, 2.05) is 0 Å². The number of nitrogens with one attached hydrogen (secondary N) is 2. The average Bonchev–Trinajstić information content (AvgIpc) is 2.49. The zero-order valence-corrected chi connectivity index (χ0v) is 12.1. The third kappa shape index (κ3) is 2.56. The van der Waals surface area contributed by atoms with Gasteiger partial charge in [-0.05, 0) is 18.2 Å². The lowest BCUT2D eigenvalue weighted by atomic mass is 10.2. The van der Waals surface area contributed by atoms with Crippen molar-refractivity contribution >= 4 is 27.4 Å². The molecule has 0 fully saturated rings. The number of carbonyl (C=O) groups excluding carboxylic acids is 1. The van der Waals surface area contributed by atoms with E-state index in [0.717, 1.165) is 6.07 Å². The van der Waals surface area contributed by atoms with E-state index in [4.69, 9.17) is 11.3 Å². The number of carbonyl (C=O) groups is 1. The highest BCUT2D eigenvalue weighted by Gasteiger charge is 2.32. The Morgan fingerprint density at radius 1 is 1.17 bits per heavy atom. The number of ether oxygens (including phenoxy) is 1. The van der Waals surface area contributed by atoms with Crippen LogP contribution in [0, 0.1) is 12.4 Å². The van der Waals surface area contributed by atoms with E-state index in [0.29, 0.717) is 0 Å². The summed E-state index contributed by atoms with van der Waals surface area (Å²) in [4.78, 5) is 14.4. The monoisotopic (exact) mass is 333 g/mol. The Balaban J connectivity index is 2.22. The zero-order chi connectivity index (χ0) is 16.6. The minimum absolute atomic E-state index is 0.0654. The molecule has 9 heteroatoms. The molecule has 1 aliphatic heterocycles. The van der Waals surface area contributed by atoms with E-state index in [1.165, 1.54) is 30.3 Å². The van der Waals surface area contributed by atoms with Crippen molar-refractivity contribution in [1.82, 2.24) is 4.72 Å². The van der Waals surface area contributed by atoms with Gasteiger partial charge in [-0.2, -0.15) is 0 Å². The van der Waals surface area contributed by atoms with E-state index < -0.39 is 21.9 Å². The molecular weight excluding hydrogens is 325 g/mol. The number of anilines is 1. The van der Waals surface area contributed by atoms with Crippen LogP contribution in [0.2, 0.25) is 0 Å². The van der Waals surface area contributed by atoms with Crippen LogP contribution in [0.25, 0.3) is 4.85 Å². The molecule has 116 valence electrons. The molecule has 0 bridgehead atoms. The first-order valence-electron chi connectivity index (χ1n) is 6.23. The van der Waals surface area contributed by atoms with Gasteiger partial charge in [-0.3, -0.25) is 0 Å². The van der Waals surface area contributed by atoms with E-state index in [2.05, 4.69) is 10.2 Å². The number of sulfonamides is 1. The average molecular weight is 333 g/mol. The third-order valence-electron chi connectivity index (χ3n) is 3.02. The maximum atomic E-state index is 13.8. The highest BCUT2D eigenvalue weighted by molar-refractivity contribution is 7.90. The van der Waals surface area contributed by atoms with Crippen molar-refractivity contribution in [2.45, 2.75) is 4.90 Å². The second kappa shape index (κ2) is 5.26. The maximum Gasteiger partial charge on any atom is 0.333 e. The summed E-state index contributed by atoms with van der Waals surface area (Å²) in [6.07, 6.45) is 0. The minimum atomic E-state index is -4.08. The molecule has 23 heavy (non-hydrogen) atoms. The quantitative estimate of drug-likeness (QED) is 0.827. The Morgan fingerprint density at radius 2 is 1.91 bits per heavy atom. The summed E-state index contributed by atoms with van der Waals surface area (Å²) < 4.78 is 44.8. The van der Waals surface area contributed by atoms with Crippen LogP contribution in [0.15, 0.2) is 41.3 Å². The zero-order valence-electron chi connectivity index (χ0n) is 11.3. The van der Waals surface area contributed by atoms with E-state index >= 15 is 0 Å². The molecule has 2 amide bonds. The van der Waals surface area contributed by atoms with Gasteiger partial charge in [0.05, 0.1) is 12.3 Å². The van der Waals surface area contributed by atoms with Gasteiger partial charge in [-0.1, -0.05) is 18.2 Å². The van der Waals surface area contributed by atoms with E-state index in [-0.39, 0.29) is 27.8 Å². The fourth-order valence-electron chi connectivity index (χ4n) is 2.04. The van der Waals surface area contributed by atoms with Crippen molar-refractivity contribution in [3.63, 3.8) is 0 Å². The van der Waals surface area contributed by atoms with Crippen LogP contribution in [0.4, 0.5) is 20.6 Å². The Hall–Kier alpha value is -3.12. The van der Waals surface area contributed by atoms with E-state index in [9.17, 15) is 17.6 Å². The summed E-state index contributed by atoms with van der Waals surface area (Å²) in [6.45, 7) is 7.14. The number of fused-ring (bicyclic) bond motifs is 1. The lowest BCUT2D eigenvalue weighted by Crippen LogP contribution is -2.39. The van der Waals surface area contributed by atoms with Gasteiger partial charge in [0.2, 0.25) is 5.69 Å². The summed E-state index contributed by atoms with van der Waals surface area (Å²) in [7, 11) is -4.08. The minimum Gasteiger partial charge on any atom is -0.463 e. The van der Waals surface area contributed by atoms with Crippen molar-refractivity contribution in [3.8, 4) is 11.5 Å². The number of halogens is 1. The van der Waals surface area contributed by atoms with Crippen molar-refractivity contribution in [3.05, 3.63) is 53.6 Å². The van der Waals surface area contributed by atoms with Gasteiger partial charge in [0.25, 0.3) is 10.0 Å². The van der Waals surface area contributed by atoms with Gasteiger partial charge in [0.1, 0.15) is 4.90 Å². The van der Waals surface area contributed by atoms with Gasteiger partial charge in [-0.25, -0.2) is 27.2 Å². The van der Waals surface area contributed by atoms with Crippen LogP contribution in [0.3, 0.4) is 0 Å². The lowest BCUT2D eigenvalue weighted by molar-refractivity contribution is 0.256. The predicted molar refractivity (Wildman–Crippen MR) is 78.5 cm³/mol. The van der Waals surface area contributed by atoms with E-state index in [1.54, 1.807) is 4.72 Å². The smallest absolute Gasteiger partial charge is 0.333 e. The topological polar surface area (TPSA) is 88.9 Å². The standard InChI is InChI=1S/C14H8FN3O4S/c1-16-9-6-7-11-12(17-14(19)18-23(11,20)21)13(9)22-10-5-3-2-4-8(10)15/h2-7H,(H2,17,18,19). The number of para-hydroxylation sites is 1. The molecule has 0 aliphatic carbocycles. The van der Waals surface area contributed by atoms with Crippen LogP contribution in [-0.4, -0.2) is 14.4 Å². The summed E-state index contributed by atoms with van der Waals surface area (Å²) in [5.41, 5.74) is -0.269. The van der Waals surface area contributed by atoms with Gasteiger partial charge >= 0.3 is 6.03 Å². The molecule has 2 aromatic rings. The molecule has 0 atom stereocenters. The molecule has 2 N–H and O–H groups in total. The van der Waals surface area contributed by atoms with Gasteiger partial charge in [0.15, 0.2) is 17.3 Å². The van der Waals surface area contributed by atoms with Crippen LogP contribution in [0.5, 0.6) is 11.5 Å². The summed E-state index contributed by atoms with van der Waals surface area (Å²) in [6, 6.07) is 6.84. The highest BCUT2D eigenvalue weighted by atomic mass is 32.2. The van der Waals surface area contributed by atoms with Gasteiger partial charge in [-0.15, -0.1) is 0 Å².